The first-order valence-electron chi connectivity index (χ1n) is 7.99. The van der Waals surface area contributed by atoms with Gasteiger partial charge in [0, 0.05) is 18.9 Å². The number of carbonyl (C=O) groups is 2. The Hall–Kier alpha value is -2.04. The Morgan fingerprint density at radius 2 is 1.17 bits per heavy atom. The summed E-state index contributed by atoms with van der Waals surface area (Å²) in [5.74, 6) is -1.91. The molecule has 0 spiro atoms. The Kier molecular flexibility index (Phi) is 6.61. The summed E-state index contributed by atoms with van der Waals surface area (Å²) in [6.45, 7) is 7.85. The SMILES string of the molecule is CC(C)CCC(=O)c1c(O)cc(O)c(C(=O)CCC(C)C)c1O. The van der Waals surface area contributed by atoms with Crippen molar-refractivity contribution in [2.75, 3.05) is 0 Å². The summed E-state index contributed by atoms with van der Waals surface area (Å²) in [7, 11) is 0. The molecule has 5 nitrogen and oxygen atoms in total. The van der Waals surface area contributed by atoms with E-state index in [-0.39, 0.29) is 24.0 Å². The Balaban J connectivity index is 3.16. The van der Waals surface area contributed by atoms with E-state index in [1.165, 1.54) is 0 Å². The second-order valence-corrected chi connectivity index (χ2v) is 6.72. The molecule has 0 saturated heterocycles. The third kappa shape index (κ3) is 4.98. The van der Waals surface area contributed by atoms with Crippen LogP contribution in [0.1, 0.15) is 74.1 Å². The van der Waals surface area contributed by atoms with Crippen molar-refractivity contribution in [3.8, 4) is 17.2 Å². The molecule has 1 aromatic carbocycles. The normalized spacial score (nSPS) is 11.2. The van der Waals surface area contributed by atoms with E-state index in [1.807, 2.05) is 27.7 Å². The fourth-order valence-corrected chi connectivity index (χ4v) is 2.28. The number of carbonyl (C=O) groups excluding carboxylic acids is 2. The molecule has 0 heterocycles. The van der Waals surface area contributed by atoms with Crippen molar-refractivity contribution < 1.29 is 24.9 Å². The number of phenols is 3. The van der Waals surface area contributed by atoms with Gasteiger partial charge >= 0.3 is 0 Å². The van der Waals surface area contributed by atoms with Crippen LogP contribution in [0, 0.1) is 11.8 Å². The summed E-state index contributed by atoms with van der Waals surface area (Å²) < 4.78 is 0. The fraction of sp³-hybridized carbons (Fsp3) is 0.556. The lowest BCUT2D eigenvalue weighted by Gasteiger charge is -2.13. The lowest BCUT2D eigenvalue weighted by Crippen LogP contribution is -2.08. The van der Waals surface area contributed by atoms with Gasteiger partial charge < -0.3 is 15.3 Å². The molecule has 0 aliphatic heterocycles. The summed E-state index contributed by atoms with van der Waals surface area (Å²) in [6.07, 6.45) is 1.52. The molecule has 0 aliphatic carbocycles. The van der Waals surface area contributed by atoms with E-state index in [0.29, 0.717) is 24.7 Å². The number of benzene rings is 1. The molecule has 0 bridgehead atoms. The standard InChI is InChI=1S/C18H26O5/c1-10(2)5-7-12(19)16-14(21)9-15(22)17(18(16)23)13(20)8-6-11(3)4/h9-11,21-23H,5-8H2,1-4H3. The molecule has 1 rings (SSSR count). The van der Waals surface area contributed by atoms with Gasteiger partial charge in [-0.1, -0.05) is 27.7 Å². The number of phenolic OH excluding ortho intramolecular Hbond substituents is 3. The lowest BCUT2D eigenvalue weighted by molar-refractivity contribution is 0.0967. The Morgan fingerprint density at radius 1 is 0.826 bits per heavy atom. The number of rotatable bonds is 8. The van der Waals surface area contributed by atoms with Gasteiger partial charge in [0.05, 0.1) is 0 Å². The minimum absolute atomic E-state index is 0.156. The molecule has 0 fully saturated rings. The van der Waals surface area contributed by atoms with Gasteiger partial charge in [-0.2, -0.15) is 0 Å². The van der Waals surface area contributed by atoms with E-state index >= 15 is 0 Å². The molecule has 0 radical (unpaired) electrons. The molecule has 0 saturated carbocycles. The van der Waals surface area contributed by atoms with E-state index in [2.05, 4.69) is 0 Å². The third-order valence-electron chi connectivity index (χ3n) is 3.71. The van der Waals surface area contributed by atoms with Crippen molar-refractivity contribution in [1.82, 2.24) is 0 Å². The average Bonchev–Trinajstić information content (AvgIpc) is 2.42. The van der Waals surface area contributed by atoms with Crippen LogP contribution in [0.25, 0.3) is 0 Å². The van der Waals surface area contributed by atoms with Crippen LogP contribution in [0.3, 0.4) is 0 Å². The lowest BCUT2D eigenvalue weighted by atomic mass is 9.94. The number of hydrogen-bond donors (Lipinski definition) is 3. The number of ketones is 2. The van der Waals surface area contributed by atoms with Crippen molar-refractivity contribution in [3.63, 3.8) is 0 Å². The van der Waals surface area contributed by atoms with Crippen LogP contribution >= 0.6 is 0 Å². The molecule has 5 heteroatoms. The Labute approximate surface area is 137 Å². The van der Waals surface area contributed by atoms with Gasteiger partial charge in [-0.3, -0.25) is 9.59 Å². The van der Waals surface area contributed by atoms with Crippen LogP contribution in [0.15, 0.2) is 6.07 Å². The molecule has 3 N–H and O–H groups in total. The van der Waals surface area contributed by atoms with Gasteiger partial charge in [0.2, 0.25) is 0 Å². The van der Waals surface area contributed by atoms with Crippen molar-refractivity contribution in [1.29, 1.82) is 0 Å². The maximum absolute atomic E-state index is 12.2. The van der Waals surface area contributed by atoms with Crippen LogP contribution in [0.4, 0.5) is 0 Å². The number of hydrogen-bond acceptors (Lipinski definition) is 5. The van der Waals surface area contributed by atoms with E-state index in [4.69, 9.17) is 0 Å². The van der Waals surface area contributed by atoms with Crippen LogP contribution in [0.5, 0.6) is 17.2 Å². The summed E-state index contributed by atoms with van der Waals surface area (Å²) in [6, 6.07) is 0.949. The van der Waals surface area contributed by atoms with Crippen molar-refractivity contribution in [2.24, 2.45) is 11.8 Å². The van der Waals surface area contributed by atoms with E-state index in [1.54, 1.807) is 0 Å². The van der Waals surface area contributed by atoms with Crippen LogP contribution < -0.4 is 0 Å². The third-order valence-corrected chi connectivity index (χ3v) is 3.71. The highest BCUT2D eigenvalue weighted by Crippen LogP contribution is 2.39. The summed E-state index contributed by atoms with van der Waals surface area (Å²) in [5, 5.41) is 30.0. The summed E-state index contributed by atoms with van der Waals surface area (Å²) >= 11 is 0. The van der Waals surface area contributed by atoms with Gasteiger partial charge in [0.25, 0.3) is 0 Å². The zero-order valence-corrected chi connectivity index (χ0v) is 14.2. The van der Waals surface area contributed by atoms with Crippen LogP contribution in [0.2, 0.25) is 0 Å². The molecule has 23 heavy (non-hydrogen) atoms. The zero-order chi connectivity index (χ0) is 17.7. The average molecular weight is 322 g/mol. The van der Waals surface area contributed by atoms with Crippen molar-refractivity contribution >= 4 is 11.6 Å². The highest BCUT2D eigenvalue weighted by Gasteiger charge is 2.26. The molecule has 1 aromatic rings. The maximum Gasteiger partial charge on any atom is 0.170 e. The summed E-state index contributed by atoms with van der Waals surface area (Å²) in [5.41, 5.74) is -0.562. The Bertz CT molecular complexity index is 539. The first-order valence-corrected chi connectivity index (χ1v) is 7.99. The Morgan fingerprint density at radius 3 is 1.48 bits per heavy atom. The second-order valence-electron chi connectivity index (χ2n) is 6.72. The minimum Gasteiger partial charge on any atom is -0.507 e. The van der Waals surface area contributed by atoms with Gasteiger partial charge in [-0.05, 0) is 24.7 Å². The highest BCUT2D eigenvalue weighted by atomic mass is 16.3. The molecule has 0 amide bonds. The first kappa shape index (κ1) is 19.0. The van der Waals surface area contributed by atoms with Gasteiger partial charge in [0.1, 0.15) is 28.4 Å². The quantitative estimate of drug-likeness (QED) is 0.628. The minimum atomic E-state index is -0.620. The first-order chi connectivity index (χ1) is 10.6. The molecular formula is C18H26O5. The topological polar surface area (TPSA) is 94.8 Å². The van der Waals surface area contributed by atoms with Crippen molar-refractivity contribution in [3.05, 3.63) is 17.2 Å². The van der Waals surface area contributed by atoms with Gasteiger partial charge in [0.15, 0.2) is 11.6 Å². The van der Waals surface area contributed by atoms with E-state index < -0.39 is 28.8 Å². The fourth-order valence-electron chi connectivity index (χ4n) is 2.28. The molecule has 0 aliphatic rings. The van der Waals surface area contributed by atoms with E-state index in [0.717, 1.165) is 6.07 Å². The molecule has 0 atom stereocenters. The summed E-state index contributed by atoms with van der Waals surface area (Å²) in [4.78, 5) is 24.5. The number of aromatic hydroxyl groups is 3. The van der Waals surface area contributed by atoms with Gasteiger partial charge in [-0.25, -0.2) is 0 Å². The molecule has 0 unspecified atom stereocenters. The largest absolute Gasteiger partial charge is 0.507 e. The maximum atomic E-state index is 12.2. The van der Waals surface area contributed by atoms with Crippen LogP contribution in [-0.2, 0) is 0 Å². The molecular weight excluding hydrogens is 296 g/mol. The van der Waals surface area contributed by atoms with E-state index in [9.17, 15) is 24.9 Å². The van der Waals surface area contributed by atoms with Crippen molar-refractivity contribution in [2.45, 2.75) is 53.4 Å². The highest BCUT2D eigenvalue weighted by molar-refractivity contribution is 6.08. The number of Topliss-reactive ketones (excluding diaryl/α,β-unsaturated/α-hetero) is 2. The zero-order valence-electron chi connectivity index (χ0n) is 14.2. The second kappa shape index (κ2) is 7.99. The predicted octanol–water partition coefficient (Wildman–Crippen LogP) is 4.04. The van der Waals surface area contributed by atoms with Crippen LogP contribution in [-0.4, -0.2) is 26.9 Å². The predicted molar refractivity (Wildman–Crippen MR) is 88.2 cm³/mol. The molecule has 128 valence electrons. The molecule has 0 aromatic heterocycles. The van der Waals surface area contributed by atoms with Gasteiger partial charge in [-0.15, -0.1) is 0 Å². The smallest absolute Gasteiger partial charge is 0.170 e. The monoisotopic (exact) mass is 322 g/mol.